The second kappa shape index (κ2) is 10.2. The number of benzene rings is 1. The highest BCUT2D eigenvalue weighted by Gasteiger charge is 2.09. The molecule has 0 atom stereocenters. The molecule has 6 heteroatoms. The number of unbranched alkanes of at least 4 members (excludes halogenated alkanes) is 3. The summed E-state index contributed by atoms with van der Waals surface area (Å²) in [5.41, 5.74) is 1.05. The lowest BCUT2D eigenvalue weighted by atomic mass is 10.1. The number of carbonyl (C=O) groups excluding carboxylic acids is 2. The summed E-state index contributed by atoms with van der Waals surface area (Å²) in [4.78, 5) is 24.9. The molecule has 134 valence electrons. The van der Waals surface area contributed by atoms with Gasteiger partial charge in [-0.05, 0) is 42.7 Å². The van der Waals surface area contributed by atoms with Crippen molar-refractivity contribution in [3.8, 4) is 10.4 Å². The van der Waals surface area contributed by atoms with Crippen LogP contribution in [0.3, 0.4) is 0 Å². The second-order valence-corrected chi connectivity index (χ2v) is 7.19. The Bertz CT molecular complexity index is 697. The van der Waals surface area contributed by atoms with Gasteiger partial charge in [0, 0.05) is 22.9 Å². The maximum Gasteiger partial charge on any atom is 0.305 e. The fourth-order valence-corrected chi connectivity index (χ4v) is 3.42. The van der Waals surface area contributed by atoms with Crippen LogP contribution in [0.25, 0.3) is 10.4 Å². The summed E-state index contributed by atoms with van der Waals surface area (Å²) in [5.74, 6) is -0.206. The highest BCUT2D eigenvalue weighted by molar-refractivity contribution is 7.17. The minimum absolute atomic E-state index is 0.0419. The van der Waals surface area contributed by atoms with Crippen molar-refractivity contribution in [3.05, 3.63) is 46.3 Å². The van der Waals surface area contributed by atoms with Crippen molar-refractivity contribution in [2.45, 2.75) is 32.1 Å². The summed E-state index contributed by atoms with van der Waals surface area (Å²) in [6.45, 7) is 0.644. The van der Waals surface area contributed by atoms with E-state index in [1.165, 1.54) is 18.4 Å². The van der Waals surface area contributed by atoms with Gasteiger partial charge in [-0.2, -0.15) is 0 Å². The smallest absolute Gasteiger partial charge is 0.305 e. The van der Waals surface area contributed by atoms with Crippen LogP contribution < -0.4 is 5.32 Å². The van der Waals surface area contributed by atoms with Gasteiger partial charge in [0.15, 0.2) is 0 Å². The topological polar surface area (TPSA) is 55.4 Å². The molecule has 0 spiro atoms. The number of thiophene rings is 1. The first-order valence-corrected chi connectivity index (χ1v) is 9.50. The Kier molecular flexibility index (Phi) is 7.95. The summed E-state index contributed by atoms with van der Waals surface area (Å²) in [7, 11) is 1.40. The number of methoxy groups -OCH3 is 1. The lowest BCUT2D eigenvalue weighted by Gasteiger charge is -2.04. The van der Waals surface area contributed by atoms with E-state index in [1.54, 1.807) is 0 Å². The van der Waals surface area contributed by atoms with E-state index in [0.717, 1.165) is 36.1 Å². The summed E-state index contributed by atoms with van der Waals surface area (Å²) in [6.07, 6.45) is 4.15. The summed E-state index contributed by atoms with van der Waals surface area (Å²) >= 11 is 7.37. The Balaban J connectivity index is 1.69. The van der Waals surface area contributed by atoms with Crippen LogP contribution in [0.1, 0.15) is 41.8 Å². The lowest BCUT2D eigenvalue weighted by Crippen LogP contribution is -2.23. The first-order valence-electron chi connectivity index (χ1n) is 8.31. The number of hydrogen-bond donors (Lipinski definition) is 1. The van der Waals surface area contributed by atoms with Crippen molar-refractivity contribution in [3.63, 3.8) is 0 Å². The van der Waals surface area contributed by atoms with Crippen molar-refractivity contribution >= 4 is 34.8 Å². The molecule has 0 saturated carbocycles. The van der Waals surface area contributed by atoms with E-state index in [2.05, 4.69) is 10.1 Å². The zero-order valence-corrected chi connectivity index (χ0v) is 15.8. The Labute approximate surface area is 157 Å². The van der Waals surface area contributed by atoms with Gasteiger partial charge in [0.05, 0.1) is 12.0 Å². The van der Waals surface area contributed by atoms with Crippen LogP contribution in [0.15, 0.2) is 36.4 Å². The third-order valence-corrected chi connectivity index (χ3v) is 5.16. The largest absolute Gasteiger partial charge is 0.469 e. The van der Waals surface area contributed by atoms with Gasteiger partial charge >= 0.3 is 5.97 Å². The van der Waals surface area contributed by atoms with Gasteiger partial charge in [0.25, 0.3) is 5.91 Å². The Morgan fingerprint density at radius 1 is 1.04 bits per heavy atom. The number of halogens is 1. The summed E-state index contributed by atoms with van der Waals surface area (Å²) < 4.78 is 4.60. The average molecular weight is 380 g/mol. The SMILES string of the molecule is COC(=O)CCCCCCNC(=O)c1ccc(-c2ccc(Cl)cc2)s1. The van der Waals surface area contributed by atoms with Gasteiger partial charge in [-0.25, -0.2) is 0 Å². The van der Waals surface area contributed by atoms with Gasteiger partial charge in [0.2, 0.25) is 0 Å². The molecule has 0 saturated heterocycles. The van der Waals surface area contributed by atoms with Crippen molar-refractivity contribution in [2.75, 3.05) is 13.7 Å². The fourth-order valence-electron chi connectivity index (χ4n) is 2.37. The Morgan fingerprint density at radius 3 is 2.48 bits per heavy atom. The van der Waals surface area contributed by atoms with Crippen LogP contribution in [0, 0.1) is 0 Å². The normalized spacial score (nSPS) is 10.5. The number of carbonyl (C=O) groups is 2. The summed E-state index contributed by atoms with van der Waals surface area (Å²) in [6, 6.07) is 11.4. The van der Waals surface area contributed by atoms with Gasteiger partial charge in [0.1, 0.15) is 0 Å². The van der Waals surface area contributed by atoms with Crippen molar-refractivity contribution in [1.82, 2.24) is 5.32 Å². The molecule has 1 heterocycles. The number of amides is 1. The van der Waals surface area contributed by atoms with Gasteiger partial charge in [-0.3, -0.25) is 9.59 Å². The number of nitrogens with one attached hydrogen (secondary N) is 1. The van der Waals surface area contributed by atoms with E-state index in [9.17, 15) is 9.59 Å². The molecule has 1 aromatic carbocycles. The van der Waals surface area contributed by atoms with Crippen LogP contribution in [-0.4, -0.2) is 25.5 Å². The minimum Gasteiger partial charge on any atom is -0.469 e. The molecule has 0 bridgehead atoms. The van der Waals surface area contributed by atoms with Gasteiger partial charge < -0.3 is 10.1 Å². The van der Waals surface area contributed by atoms with Crippen LogP contribution in [0.2, 0.25) is 5.02 Å². The zero-order chi connectivity index (χ0) is 18.1. The predicted molar refractivity (Wildman–Crippen MR) is 102 cm³/mol. The quantitative estimate of drug-likeness (QED) is 0.497. The Hall–Kier alpha value is -1.85. The van der Waals surface area contributed by atoms with Crippen molar-refractivity contribution < 1.29 is 14.3 Å². The first-order chi connectivity index (χ1) is 12.1. The molecule has 0 aliphatic heterocycles. The highest BCUT2D eigenvalue weighted by Crippen LogP contribution is 2.28. The monoisotopic (exact) mass is 379 g/mol. The molecule has 1 aromatic heterocycles. The number of hydrogen-bond acceptors (Lipinski definition) is 4. The summed E-state index contributed by atoms with van der Waals surface area (Å²) in [5, 5.41) is 3.64. The van der Waals surface area contributed by atoms with Crippen LogP contribution >= 0.6 is 22.9 Å². The second-order valence-electron chi connectivity index (χ2n) is 5.67. The molecule has 4 nitrogen and oxygen atoms in total. The molecule has 2 rings (SSSR count). The standard InChI is InChI=1S/C19H22ClNO3S/c1-24-18(22)6-4-2-3-5-13-21-19(23)17-12-11-16(25-17)14-7-9-15(20)10-8-14/h7-12H,2-6,13H2,1H3,(H,21,23). The molecule has 0 unspecified atom stereocenters. The van der Waals surface area contributed by atoms with E-state index in [4.69, 9.17) is 11.6 Å². The van der Waals surface area contributed by atoms with E-state index in [-0.39, 0.29) is 11.9 Å². The zero-order valence-electron chi connectivity index (χ0n) is 14.2. The molecule has 0 radical (unpaired) electrons. The Morgan fingerprint density at radius 2 is 1.76 bits per heavy atom. The average Bonchev–Trinajstić information content (AvgIpc) is 3.11. The van der Waals surface area contributed by atoms with E-state index in [1.807, 2.05) is 36.4 Å². The molecule has 1 N–H and O–H groups in total. The number of ether oxygens (including phenoxy) is 1. The van der Waals surface area contributed by atoms with Crippen LogP contribution in [0.4, 0.5) is 0 Å². The molecule has 1 amide bonds. The van der Waals surface area contributed by atoms with E-state index in [0.29, 0.717) is 22.9 Å². The fraction of sp³-hybridized carbons (Fsp3) is 0.368. The van der Waals surface area contributed by atoms with Crippen LogP contribution in [-0.2, 0) is 9.53 Å². The molecule has 0 aliphatic carbocycles. The van der Waals surface area contributed by atoms with E-state index < -0.39 is 0 Å². The van der Waals surface area contributed by atoms with Crippen molar-refractivity contribution in [1.29, 1.82) is 0 Å². The molecular formula is C19H22ClNO3S. The predicted octanol–water partition coefficient (Wildman–Crippen LogP) is 4.92. The molecule has 0 aliphatic rings. The minimum atomic E-state index is -0.164. The third-order valence-electron chi connectivity index (χ3n) is 3.78. The maximum atomic E-state index is 12.2. The van der Waals surface area contributed by atoms with Crippen LogP contribution in [0.5, 0.6) is 0 Å². The molecular weight excluding hydrogens is 358 g/mol. The third kappa shape index (κ3) is 6.52. The molecule has 2 aromatic rings. The lowest BCUT2D eigenvalue weighted by molar-refractivity contribution is -0.140. The first kappa shape index (κ1) is 19.5. The van der Waals surface area contributed by atoms with E-state index >= 15 is 0 Å². The maximum absolute atomic E-state index is 12.2. The number of esters is 1. The molecule has 0 fully saturated rings. The number of rotatable bonds is 9. The van der Waals surface area contributed by atoms with Gasteiger partial charge in [-0.15, -0.1) is 11.3 Å². The molecule has 25 heavy (non-hydrogen) atoms. The van der Waals surface area contributed by atoms with Gasteiger partial charge in [-0.1, -0.05) is 36.6 Å². The van der Waals surface area contributed by atoms with Crippen molar-refractivity contribution in [2.24, 2.45) is 0 Å². The highest BCUT2D eigenvalue weighted by atomic mass is 35.5.